The van der Waals surface area contributed by atoms with Crippen LogP contribution in [0.15, 0.2) is 30.5 Å². The van der Waals surface area contributed by atoms with Gasteiger partial charge in [0.15, 0.2) is 11.6 Å². The van der Waals surface area contributed by atoms with Crippen LogP contribution in [0.4, 0.5) is 5.82 Å². The number of hydrogen-bond donors (Lipinski definition) is 2. The van der Waals surface area contributed by atoms with Crippen LogP contribution in [0.2, 0.25) is 0 Å². The number of morpholine rings is 1. The molecule has 0 saturated carbocycles. The van der Waals surface area contributed by atoms with Crippen LogP contribution in [0.3, 0.4) is 0 Å². The van der Waals surface area contributed by atoms with Crippen molar-refractivity contribution < 1.29 is 14.3 Å². The quantitative estimate of drug-likeness (QED) is 0.204. The summed E-state index contributed by atoms with van der Waals surface area (Å²) in [7, 11) is 0. The maximum Gasteiger partial charge on any atom is 0.305 e. The lowest BCUT2D eigenvalue weighted by molar-refractivity contribution is -0.143. The molecule has 0 radical (unpaired) electrons. The molecular formula is C27H34N6O3S. The molecule has 1 saturated heterocycles. The molecule has 0 aliphatic carbocycles. The summed E-state index contributed by atoms with van der Waals surface area (Å²) in [5, 5.41) is 11.9. The van der Waals surface area contributed by atoms with Crippen LogP contribution in [-0.4, -0.2) is 65.6 Å². The third-order valence-corrected chi connectivity index (χ3v) is 7.65. The maximum atomic E-state index is 11.4. The van der Waals surface area contributed by atoms with Crippen molar-refractivity contribution in [1.29, 1.82) is 0 Å². The predicted molar refractivity (Wildman–Crippen MR) is 147 cm³/mol. The molecule has 0 spiro atoms. The molecule has 1 fully saturated rings. The van der Waals surface area contributed by atoms with E-state index in [1.54, 1.807) is 11.3 Å². The topological polar surface area (TPSA) is 105 Å². The van der Waals surface area contributed by atoms with Gasteiger partial charge in [-0.3, -0.25) is 9.89 Å². The van der Waals surface area contributed by atoms with Gasteiger partial charge in [0.1, 0.15) is 0 Å². The van der Waals surface area contributed by atoms with E-state index >= 15 is 0 Å². The molecule has 3 aromatic heterocycles. The molecular weight excluding hydrogens is 488 g/mol. The first-order chi connectivity index (χ1) is 18.2. The molecule has 4 heterocycles. The molecule has 1 aliphatic rings. The highest BCUT2D eigenvalue weighted by atomic mass is 32.1. The molecule has 4 aromatic rings. The third kappa shape index (κ3) is 6.26. The molecule has 37 heavy (non-hydrogen) atoms. The van der Waals surface area contributed by atoms with E-state index in [1.165, 1.54) is 4.88 Å². The van der Waals surface area contributed by atoms with Gasteiger partial charge >= 0.3 is 5.97 Å². The first-order valence-electron chi connectivity index (χ1n) is 13.1. The molecule has 2 N–H and O–H groups in total. The Morgan fingerprint density at radius 2 is 2.05 bits per heavy atom. The average Bonchev–Trinajstić information content (AvgIpc) is 3.57. The number of carbonyl (C=O) groups excluding carboxylic acids is 1. The van der Waals surface area contributed by atoms with E-state index in [0.29, 0.717) is 26.2 Å². The van der Waals surface area contributed by atoms with Crippen LogP contribution in [0.5, 0.6) is 0 Å². The summed E-state index contributed by atoms with van der Waals surface area (Å²) >= 11 is 1.77. The lowest BCUT2D eigenvalue weighted by atomic mass is 10.1. The third-order valence-electron chi connectivity index (χ3n) is 6.53. The number of nitrogens with zero attached hydrogens (tertiary/aromatic N) is 4. The van der Waals surface area contributed by atoms with E-state index in [4.69, 9.17) is 19.4 Å². The number of esters is 1. The molecule has 1 aliphatic heterocycles. The van der Waals surface area contributed by atoms with Crippen LogP contribution in [0.25, 0.3) is 32.5 Å². The fourth-order valence-corrected chi connectivity index (χ4v) is 5.72. The number of H-pyrrole nitrogens is 1. The summed E-state index contributed by atoms with van der Waals surface area (Å²) in [6, 6.07) is 8.28. The van der Waals surface area contributed by atoms with Crippen molar-refractivity contribution in [3.63, 3.8) is 0 Å². The van der Waals surface area contributed by atoms with E-state index < -0.39 is 0 Å². The highest BCUT2D eigenvalue weighted by Gasteiger charge is 2.21. The molecule has 0 bridgehead atoms. The van der Waals surface area contributed by atoms with Crippen molar-refractivity contribution in [2.24, 2.45) is 0 Å². The highest BCUT2D eigenvalue weighted by molar-refractivity contribution is 7.19. The Kier molecular flexibility index (Phi) is 8.60. The Hall–Kier alpha value is -3.08. The molecule has 9 nitrogen and oxygen atoms in total. The van der Waals surface area contributed by atoms with Gasteiger partial charge in [-0.25, -0.2) is 9.97 Å². The van der Waals surface area contributed by atoms with E-state index in [9.17, 15) is 4.79 Å². The van der Waals surface area contributed by atoms with Gasteiger partial charge < -0.3 is 19.7 Å². The van der Waals surface area contributed by atoms with Crippen molar-refractivity contribution in [3.05, 3.63) is 35.3 Å². The van der Waals surface area contributed by atoms with Crippen molar-refractivity contribution in [3.8, 4) is 11.4 Å². The number of benzene rings is 1. The molecule has 0 amide bonds. The van der Waals surface area contributed by atoms with Crippen LogP contribution in [0.1, 0.15) is 43.9 Å². The largest absolute Gasteiger partial charge is 0.466 e. The van der Waals surface area contributed by atoms with Gasteiger partial charge in [-0.1, -0.05) is 25.0 Å². The monoisotopic (exact) mass is 522 g/mol. The molecule has 0 unspecified atom stereocenters. The SMILES string of the molecule is CCOC(=O)CCCCCCNCc1cc2nc(-c3cccc4[nH]ncc34)nc(N3CCOCC3)c2s1. The van der Waals surface area contributed by atoms with Gasteiger partial charge in [0.2, 0.25) is 0 Å². The average molecular weight is 523 g/mol. The summed E-state index contributed by atoms with van der Waals surface area (Å²) in [6.07, 6.45) is 6.50. The number of carbonyl (C=O) groups is 1. The van der Waals surface area contributed by atoms with Crippen molar-refractivity contribution in [2.75, 3.05) is 44.4 Å². The fraction of sp³-hybridized carbons (Fsp3) is 0.481. The minimum atomic E-state index is -0.0884. The second kappa shape index (κ2) is 12.4. The van der Waals surface area contributed by atoms with E-state index in [0.717, 1.165) is 90.2 Å². The minimum absolute atomic E-state index is 0.0884. The van der Waals surface area contributed by atoms with Crippen molar-refractivity contribution in [1.82, 2.24) is 25.5 Å². The summed E-state index contributed by atoms with van der Waals surface area (Å²) in [5.41, 5.74) is 2.94. The van der Waals surface area contributed by atoms with Crippen LogP contribution >= 0.6 is 11.3 Å². The van der Waals surface area contributed by atoms with Crippen molar-refractivity contribution >= 4 is 44.2 Å². The van der Waals surface area contributed by atoms with E-state index in [2.05, 4.69) is 32.5 Å². The molecule has 0 atom stereocenters. The van der Waals surface area contributed by atoms with Gasteiger partial charge in [-0.2, -0.15) is 5.10 Å². The number of aromatic nitrogens is 4. The second-order valence-electron chi connectivity index (χ2n) is 9.18. The first kappa shape index (κ1) is 25.6. The first-order valence-corrected chi connectivity index (χ1v) is 14.0. The molecule has 1 aromatic carbocycles. The number of hydrogen-bond acceptors (Lipinski definition) is 9. The summed E-state index contributed by atoms with van der Waals surface area (Å²) < 4.78 is 11.7. The zero-order valence-electron chi connectivity index (χ0n) is 21.3. The standard InChI is InChI=1S/C27H34N6O3S/c1-2-36-24(34)10-5-3-4-6-11-28-17-19-16-23-25(37-19)27(33-12-14-35-15-13-33)31-26(30-23)20-8-7-9-22-21(20)18-29-32-22/h7-9,16,18,28H,2-6,10-15,17H2,1H3,(H,29,32). The van der Waals surface area contributed by atoms with Gasteiger partial charge in [0.25, 0.3) is 0 Å². The number of fused-ring (bicyclic) bond motifs is 2. The van der Waals surface area contributed by atoms with Crippen molar-refractivity contribution in [2.45, 2.75) is 45.6 Å². The molecule has 10 heteroatoms. The summed E-state index contributed by atoms with van der Waals surface area (Å²) in [5.74, 6) is 1.62. The van der Waals surface area contributed by atoms with Gasteiger partial charge in [0, 0.05) is 41.9 Å². The van der Waals surface area contributed by atoms with Gasteiger partial charge in [-0.15, -0.1) is 11.3 Å². The van der Waals surface area contributed by atoms with Crippen LogP contribution in [-0.2, 0) is 20.8 Å². The number of rotatable bonds is 12. The Balaban J connectivity index is 1.27. The number of aromatic amines is 1. The van der Waals surface area contributed by atoms with Gasteiger partial charge in [0.05, 0.1) is 41.8 Å². The Bertz CT molecular complexity index is 1330. The number of ether oxygens (including phenoxy) is 2. The van der Waals surface area contributed by atoms with Crippen LogP contribution < -0.4 is 10.2 Å². The van der Waals surface area contributed by atoms with Crippen LogP contribution in [0, 0.1) is 0 Å². The summed E-state index contributed by atoms with van der Waals surface area (Å²) in [4.78, 5) is 25.1. The smallest absolute Gasteiger partial charge is 0.305 e. The molecule has 5 rings (SSSR count). The van der Waals surface area contributed by atoms with E-state index in [1.807, 2.05) is 25.3 Å². The predicted octanol–water partition coefficient (Wildman–Crippen LogP) is 4.67. The number of anilines is 1. The zero-order valence-corrected chi connectivity index (χ0v) is 22.1. The normalized spacial score (nSPS) is 14.0. The second-order valence-corrected chi connectivity index (χ2v) is 10.3. The fourth-order valence-electron chi connectivity index (χ4n) is 4.64. The number of unbranched alkanes of at least 4 members (excludes halogenated alkanes) is 3. The van der Waals surface area contributed by atoms with Gasteiger partial charge in [-0.05, 0) is 38.4 Å². The minimum Gasteiger partial charge on any atom is -0.466 e. The highest BCUT2D eigenvalue weighted by Crippen LogP contribution is 2.35. The Morgan fingerprint density at radius 3 is 2.92 bits per heavy atom. The lowest BCUT2D eigenvalue weighted by Gasteiger charge is -2.28. The summed E-state index contributed by atoms with van der Waals surface area (Å²) in [6.45, 7) is 7.11. The number of thiophene rings is 1. The Labute approximate surface area is 220 Å². The Morgan fingerprint density at radius 1 is 1.19 bits per heavy atom. The lowest BCUT2D eigenvalue weighted by Crippen LogP contribution is -2.36. The zero-order chi connectivity index (χ0) is 25.5. The molecule has 196 valence electrons. The van der Waals surface area contributed by atoms with E-state index in [-0.39, 0.29) is 5.97 Å². The number of nitrogens with one attached hydrogen (secondary N) is 2. The maximum absolute atomic E-state index is 11.4.